The van der Waals surface area contributed by atoms with Gasteiger partial charge in [-0.3, -0.25) is 0 Å². The van der Waals surface area contributed by atoms with Crippen LogP contribution >= 0.6 is 0 Å². The van der Waals surface area contributed by atoms with Gasteiger partial charge < -0.3 is 18.9 Å². The van der Waals surface area contributed by atoms with Crippen LogP contribution in [0.3, 0.4) is 0 Å². The summed E-state index contributed by atoms with van der Waals surface area (Å²) in [6.07, 6.45) is -0.350. The van der Waals surface area contributed by atoms with E-state index in [1.165, 1.54) is 28.4 Å². The van der Waals surface area contributed by atoms with E-state index in [0.717, 1.165) is 0 Å². The summed E-state index contributed by atoms with van der Waals surface area (Å²) in [7, 11) is 6.14. The maximum absolute atomic E-state index is 9.10. The molecule has 0 aromatic heterocycles. The Morgan fingerprint density at radius 2 is 1.31 bits per heavy atom. The predicted octanol–water partition coefficient (Wildman–Crippen LogP) is 1.39. The molecule has 0 aromatic rings. The Kier molecular flexibility index (Phi) is 8.12. The molecule has 5 heteroatoms. The lowest BCUT2D eigenvalue weighted by Gasteiger charge is -2.32. The highest BCUT2D eigenvalue weighted by Gasteiger charge is 2.36. The zero-order valence-corrected chi connectivity index (χ0v) is 10.6. The molecule has 0 N–H and O–H groups in total. The van der Waals surface area contributed by atoms with Crippen LogP contribution in [0.25, 0.3) is 0 Å². The largest absolute Gasteiger partial charge is 0.355 e. The normalized spacial score (nSPS) is 13.4. The lowest BCUT2D eigenvalue weighted by molar-refractivity contribution is -0.230. The van der Waals surface area contributed by atoms with Gasteiger partial charge >= 0.3 is 0 Å². The molecule has 0 bridgehead atoms. The molecule has 1 unspecified atom stereocenters. The second-order valence-corrected chi connectivity index (χ2v) is 3.40. The minimum atomic E-state index is -0.519. The van der Waals surface area contributed by atoms with E-state index in [1.807, 2.05) is 6.92 Å². The number of hydrogen-bond acceptors (Lipinski definition) is 5. The SMILES string of the molecule is CCC(C#N)C(C(OC)OC)C(OC)OC. The number of nitriles is 1. The molecule has 0 fully saturated rings. The Hall–Kier alpha value is -0.670. The molecule has 0 aromatic carbocycles. The summed E-state index contributed by atoms with van der Waals surface area (Å²) in [5, 5.41) is 9.10. The zero-order chi connectivity index (χ0) is 12.6. The third-order valence-electron chi connectivity index (χ3n) is 2.63. The van der Waals surface area contributed by atoms with E-state index < -0.39 is 12.6 Å². The van der Waals surface area contributed by atoms with Gasteiger partial charge in [0.25, 0.3) is 0 Å². The summed E-state index contributed by atoms with van der Waals surface area (Å²) in [4.78, 5) is 0. The molecule has 5 nitrogen and oxygen atoms in total. The van der Waals surface area contributed by atoms with E-state index in [-0.39, 0.29) is 11.8 Å². The van der Waals surface area contributed by atoms with Crippen LogP contribution in [0.5, 0.6) is 0 Å². The third-order valence-corrected chi connectivity index (χ3v) is 2.63. The van der Waals surface area contributed by atoms with Crippen molar-refractivity contribution >= 4 is 0 Å². The molecule has 94 valence electrons. The van der Waals surface area contributed by atoms with Crippen molar-refractivity contribution in [1.29, 1.82) is 5.26 Å². The molecule has 0 saturated carbocycles. The lowest BCUT2D eigenvalue weighted by Crippen LogP contribution is -2.41. The van der Waals surface area contributed by atoms with Crippen LogP contribution in [0.1, 0.15) is 13.3 Å². The van der Waals surface area contributed by atoms with Gasteiger partial charge in [-0.05, 0) is 6.42 Å². The molecule has 0 rings (SSSR count). The second-order valence-electron chi connectivity index (χ2n) is 3.40. The molecule has 1 atom stereocenters. The highest BCUT2D eigenvalue weighted by Crippen LogP contribution is 2.27. The smallest absolute Gasteiger partial charge is 0.165 e. The molecule has 0 aliphatic heterocycles. The second kappa shape index (κ2) is 8.48. The number of rotatable bonds is 8. The summed E-state index contributed by atoms with van der Waals surface area (Å²) in [5.41, 5.74) is 0. The summed E-state index contributed by atoms with van der Waals surface area (Å²) in [6.45, 7) is 1.94. The van der Waals surface area contributed by atoms with Gasteiger partial charge in [0, 0.05) is 28.4 Å². The van der Waals surface area contributed by atoms with Gasteiger partial charge in [0.05, 0.1) is 17.9 Å². The summed E-state index contributed by atoms with van der Waals surface area (Å²) in [5.74, 6) is -0.519. The van der Waals surface area contributed by atoms with E-state index in [1.54, 1.807) is 0 Å². The Morgan fingerprint density at radius 3 is 1.50 bits per heavy atom. The molecular formula is C11H21NO4. The molecular weight excluding hydrogens is 210 g/mol. The van der Waals surface area contributed by atoms with Crippen molar-refractivity contribution in [2.45, 2.75) is 25.9 Å². The van der Waals surface area contributed by atoms with E-state index >= 15 is 0 Å². The average Bonchev–Trinajstić information content (AvgIpc) is 2.33. The molecule has 0 heterocycles. The van der Waals surface area contributed by atoms with Gasteiger partial charge in [-0.15, -0.1) is 0 Å². The predicted molar refractivity (Wildman–Crippen MR) is 58.5 cm³/mol. The van der Waals surface area contributed by atoms with Crippen molar-refractivity contribution in [3.63, 3.8) is 0 Å². The van der Waals surface area contributed by atoms with Crippen molar-refractivity contribution < 1.29 is 18.9 Å². The van der Waals surface area contributed by atoms with Crippen LogP contribution in [0.15, 0.2) is 0 Å². The molecule has 0 saturated heterocycles. The highest BCUT2D eigenvalue weighted by atomic mass is 16.7. The first-order valence-electron chi connectivity index (χ1n) is 5.20. The van der Waals surface area contributed by atoms with Gasteiger partial charge in [-0.25, -0.2) is 0 Å². The van der Waals surface area contributed by atoms with Crippen molar-refractivity contribution in [2.75, 3.05) is 28.4 Å². The molecule has 16 heavy (non-hydrogen) atoms. The fourth-order valence-electron chi connectivity index (χ4n) is 1.78. The first kappa shape index (κ1) is 15.3. The number of nitrogens with zero attached hydrogens (tertiary/aromatic N) is 1. The average molecular weight is 231 g/mol. The van der Waals surface area contributed by atoms with Crippen molar-refractivity contribution in [2.24, 2.45) is 11.8 Å². The van der Waals surface area contributed by atoms with E-state index in [2.05, 4.69) is 6.07 Å². The van der Waals surface area contributed by atoms with Gasteiger partial charge in [-0.1, -0.05) is 6.92 Å². The Balaban J connectivity index is 4.93. The monoisotopic (exact) mass is 231 g/mol. The van der Waals surface area contributed by atoms with Crippen LogP contribution in [0.2, 0.25) is 0 Å². The summed E-state index contributed by atoms with van der Waals surface area (Å²) < 4.78 is 20.8. The van der Waals surface area contributed by atoms with Crippen molar-refractivity contribution in [3.8, 4) is 6.07 Å². The van der Waals surface area contributed by atoms with Gasteiger partial charge in [0.2, 0.25) is 0 Å². The topological polar surface area (TPSA) is 60.7 Å². The Labute approximate surface area is 97.2 Å². The van der Waals surface area contributed by atoms with Crippen LogP contribution in [0, 0.1) is 23.2 Å². The number of methoxy groups -OCH3 is 4. The standard InChI is InChI=1S/C11H21NO4/c1-6-8(7-12)9(10(13-2)14-3)11(15-4)16-5/h8-11H,6H2,1-5H3. The number of hydrogen-bond donors (Lipinski definition) is 0. The van der Waals surface area contributed by atoms with Gasteiger partial charge in [-0.2, -0.15) is 5.26 Å². The van der Waals surface area contributed by atoms with Crippen LogP contribution < -0.4 is 0 Å². The minimum absolute atomic E-state index is 0.241. The van der Waals surface area contributed by atoms with Crippen LogP contribution in [-0.2, 0) is 18.9 Å². The first-order valence-corrected chi connectivity index (χ1v) is 5.20. The van der Waals surface area contributed by atoms with Crippen molar-refractivity contribution in [1.82, 2.24) is 0 Å². The zero-order valence-electron chi connectivity index (χ0n) is 10.6. The van der Waals surface area contributed by atoms with E-state index in [4.69, 9.17) is 24.2 Å². The lowest BCUT2D eigenvalue weighted by atomic mass is 9.89. The molecule has 0 aliphatic rings. The minimum Gasteiger partial charge on any atom is -0.355 e. The fraction of sp³-hybridized carbons (Fsp3) is 0.909. The maximum atomic E-state index is 9.10. The highest BCUT2D eigenvalue weighted by molar-refractivity contribution is 4.90. The van der Waals surface area contributed by atoms with Crippen LogP contribution in [0.4, 0.5) is 0 Å². The Morgan fingerprint density at radius 1 is 0.938 bits per heavy atom. The van der Waals surface area contributed by atoms with Gasteiger partial charge in [0.1, 0.15) is 0 Å². The molecule has 0 aliphatic carbocycles. The Bertz CT molecular complexity index is 197. The third kappa shape index (κ3) is 3.72. The van der Waals surface area contributed by atoms with E-state index in [0.29, 0.717) is 6.42 Å². The number of ether oxygens (including phenoxy) is 4. The molecule has 0 spiro atoms. The molecule has 0 radical (unpaired) electrons. The summed E-state index contributed by atoms with van der Waals surface area (Å²) >= 11 is 0. The first-order chi connectivity index (χ1) is 7.69. The quantitative estimate of drug-likeness (QED) is 0.591. The summed E-state index contributed by atoms with van der Waals surface area (Å²) in [6, 6.07) is 2.23. The maximum Gasteiger partial charge on any atom is 0.165 e. The van der Waals surface area contributed by atoms with Crippen LogP contribution in [-0.4, -0.2) is 41.0 Å². The van der Waals surface area contributed by atoms with E-state index in [9.17, 15) is 0 Å². The fourth-order valence-corrected chi connectivity index (χ4v) is 1.78. The molecule has 0 amide bonds. The van der Waals surface area contributed by atoms with Gasteiger partial charge in [0.15, 0.2) is 12.6 Å². The van der Waals surface area contributed by atoms with Crippen molar-refractivity contribution in [3.05, 3.63) is 0 Å².